The molecule has 3 nitrogen and oxygen atoms in total. The summed E-state index contributed by atoms with van der Waals surface area (Å²) >= 11 is 0. The van der Waals surface area contributed by atoms with Crippen LogP contribution in [-0.2, 0) is 9.59 Å². The van der Waals surface area contributed by atoms with Crippen LogP contribution < -0.4 is 0 Å². The Hall–Kier alpha value is -0.860. The second kappa shape index (κ2) is 12.1. The molecule has 0 atom stereocenters. The Morgan fingerprint density at radius 2 is 1.57 bits per heavy atom. The molecule has 84 valence electrons. The molecule has 1 N–H and O–H groups in total. The number of rotatable bonds is 1. The number of hydrogen-bond donors (Lipinski definition) is 1. The van der Waals surface area contributed by atoms with Gasteiger partial charge in [0.15, 0.2) is 0 Å². The Bertz CT molecular complexity index is 137. The Labute approximate surface area is 86.5 Å². The summed E-state index contributed by atoms with van der Waals surface area (Å²) in [4.78, 5) is 19.2. The monoisotopic (exact) mass is 202 g/mol. The normalized spacial score (nSPS) is 15.4. The van der Waals surface area contributed by atoms with Crippen LogP contribution in [0.25, 0.3) is 0 Å². The Balaban J connectivity index is 0. The summed E-state index contributed by atoms with van der Waals surface area (Å²) in [6.07, 6.45) is 6.17. The van der Waals surface area contributed by atoms with E-state index in [0.717, 1.165) is 12.8 Å². The van der Waals surface area contributed by atoms with Gasteiger partial charge < -0.3 is 5.11 Å². The molecule has 1 fully saturated rings. The Kier molecular flexibility index (Phi) is 13.5. The van der Waals surface area contributed by atoms with Crippen LogP contribution in [0.3, 0.4) is 0 Å². The van der Waals surface area contributed by atoms with Crippen molar-refractivity contribution >= 4 is 12.3 Å². The van der Waals surface area contributed by atoms with Gasteiger partial charge in [0, 0.05) is 5.92 Å². The van der Waals surface area contributed by atoms with Crippen molar-refractivity contribution in [3.63, 3.8) is 0 Å². The van der Waals surface area contributed by atoms with Crippen LogP contribution in [0, 0.1) is 5.92 Å². The molecule has 1 saturated carbocycles. The zero-order valence-corrected chi connectivity index (χ0v) is 9.45. The van der Waals surface area contributed by atoms with E-state index in [2.05, 4.69) is 0 Å². The summed E-state index contributed by atoms with van der Waals surface area (Å²) in [6, 6.07) is 0. The molecule has 0 spiro atoms. The van der Waals surface area contributed by atoms with Crippen LogP contribution in [-0.4, -0.2) is 17.4 Å². The fourth-order valence-electron chi connectivity index (χ4n) is 1.51. The topological polar surface area (TPSA) is 54.4 Å². The lowest BCUT2D eigenvalue weighted by Crippen LogP contribution is -2.13. The lowest BCUT2D eigenvalue weighted by molar-refractivity contribution is -0.123. The quantitative estimate of drug-likeness (QED) is 0.665. The number of hydrogen-bond acceptors (Lipinski definition) is 2. The molecule has 0 heterocycles. The molecule has 0 bridgehead atoms. The summed E-state index contributed by atoms with van der Waals surface area (Å²) in [5.74, 6) is 0.813. The van der Waals surface area contributed by atoms with Crippen LogP contribution in [0.5, 0.6) is 0 Å². The first kappa shape index (κ1) is 15.6. The average molecular weight is 202 g/mol. The first-order valence-electron chi connectivity index (χ1n) is 5.30. The highest BCUT2D eigenvalue weighted by Gasteiger charge is 2.16. The zero-order valence-electron chi connectivity index (χ0n) is 9.45. The van der Waals surface area contributed by atoms with Gasteiger partial charge in [-0.3, -0.25) is 9.59 Å². The van der Waals surface area contributed by atoms with Gasteiger partial charge in [-0.2, -0.15) is 0 Å². The van der Waals surface area contributed by atoms with E-state index in [9.17, 15) is 4.79 Å². The van der Waals surface area contributed by atoms with E-state index in [4.69, 9.17) is 9.90 Å². The van der Waals surface area contributed by atoms with E-state index in [-0.39, 0.29) is 6.47 Å². The van der Waals surface area contributed by atoms with Crippen LogP contribution in [0.15, 0.2) is 0 Å². The molecule has 0 unspecified atom stereocenters. The maximum Gasteiger partial charge on any atom is 0.290 e. The van der Waals surface area contributed by atoms with Crippen molar-refractivity contribution in [1.82, 2.24) is 0 Å². The summed E-state index contributed by atoms with van der Waals surface area (Å²) in [6.45, 7) is 5.47. The van der Waals surface area contributed by atoms with E-state index in [1.54, 1.807) is 6.92 Å². The van der Waals surface area contributed by atoms with Crippen molar-refractivity contribution < 1.29 is 14.7 Å². The molecule has 0 saturated heterocycles. The van der Waals surface area contributed by atoms with E-state index in [1.165, 1.54) is 19.3 Å². The third-order valence-corrected chi connectivity index (χ3v) is 2.18. The molecule has 0 aromatic carbocycles. The minimum Gasteiger partial charge on any atom is -0.483 e. The first-order chi connectivity index (χ1) is 6.72. The second-order valence-electron chi connectivity index (χ2n) is 3.05. The molecular weight excluding hydrogens is 180 g/mol. The van der Waals surface area contributed by atoms with Crippen LogP contribution in [0.2, 0.25) is 0 Å². The summed E-state index contributed by atoms with van der Waals surface area (Å²) in [5.41, 5.74) is 0. The van der Waals surface area contributed by atoms with Gasteiger partial charge >= 0.3 is 0 Å². The number of Topliss-reactive ketones (excluding diaryl/α,β-unsaturated/α-hetero) is 1. The molecule has 1 aliphatic rings. The fourth-order valence-corrected chi connectivity index (χ4v) is 1.51. The molecule has 0 aromatic rings. The highest BCUT2D eigenvalue weighted by atomic mass is 16.3. The highest BCUT2D eigenvalue weighted by molar-refractivity contribution is 5.78. The standard InChI is InChI=1S/C8H14O.C2H6.CH2O2/c1-7(9)8-5-3-2-4-6-8;1-2;2-1-3/h8H,2-6H2,1H3;1-2H3;1H,(H,2,3). The van der Waals surface area contributed by atoms with Crippen molar-refractivity contribution in [2.24, 2.45) is 5.92 Å². The van der Waals surface area contributed by atoms with Crippen molar-refractivity contribution in [3.05, 3.63) is 0 Å². The number of ketones is 1. The molecule has 1 aliphatic carbocycles. The lowest BCUT2D eigenvalue weighted by atomic mass is 9.87. The third kappa shape index (κ3) is 9.23. The summed E-state index contributed by atoms with van der Waals surface area (Å²) < 4.78 is 0. The van der Waals surface area contributed by atoms with Gasteiger partial charge in [-0.25, -0.2) is 0 Å². The van der Waals surface area contributed by atoms with E-state index < -0.39 is 0 Å². The molecule has 0 amide bonds. The molecule has 1 rings (SSSR count). The fraction of sp³-hybridized carbons (Fsp3) is 0.818. The zero-order chi connectivity index (χ0) is 11.4. The minimum atomic E-state index is -0.250. The molecule has 0 radical (unpaired) electrons. The molecule has 3 heteroatoms. The van der Waals surface area contributed by atoms with Gasteiger partial charge in [-0.05, 0) is 19.8 Å². The van der Waals surface area contributed by atoms with Gasteiger partial charge in [0.2, 0.25) is 0 Å². The SMILES string of the molecule is CC.CC(=O)C1CCCCC1.O=CO. The minimum absolute atomic E-state index is 0.250. The maximum atomic E-state index is 10.8. The van der Waals surface area contributed by atoms with Gasteiger partial charge in [-0.1, -0.05) is 33.1 Å². The molecular formula is C11H22O3. The Morgan fingerprint density at radius 3 is 1.79 bits per heavy atom. The van der Waals surface area contributed by atoms with Crippen LogP contribution in [0.4, 0.5) is 0 Å². The lowest BCUT2D eigenvalue weighted by Gasteiger charge is -2.17. The number of carboxylic acid groups (broad SMARTS) is 1. The smallest absolute Gasteiger partial charge is 0.290 e. The van der Waals surface area contributed by atoms with E-state index in [1.807, 2.05) is 13.8 Å². The van der Waals surface area contributed by atoms with Gasteiger partial charge in [0.05, 0.1) is 0 Å². The van der Waals surface area contributed by atoms with Crippen molar-refractivity contribution in [2.75, 3.05) is 0 Å². The second-order valence-corrected chi connectivity index (χ2v) is 3.05. The van der Waals surface area contributed by atoms with Crippen LogP contribution in [0.1, 0.15) is 52.9 Å². The van der Waals surface area contributed by atoms with Crippen molar-refractivity contribution in [3.8, 4) is 0 Å². The summed E-state index contributed by atoms with van der Waals surface area (Å²) in [7, 11) is 0. The number of carbonyl (C=O) groups excluding carboxylic acids is 1. The maximum absolute atomic E-state index is 10.8. The molecule has 0 aromatic heterocycles. The summed E-state index contributed by atoms with van der Waals surface area (Å²) in [5, 5.41) is 6.89. The van der Waals surface area contributed by atoms with Crippen LogP contribution >= 0.6 is 0 Å². The molecule has 0 aliphatic heterocycles. The predicted octanol–water partition coefficient (Wildman–Crippen LogP) is 2.88. The van der Waals surface area contributed by atoms with Crippen molar-refractivity contribution in [1.29, 1.82) is 0 Å². The third-order valence-electron chi connectivity index (χ3n) is 2.18. The predicted molar refractivity (Wildman–Crippen MR) is 57.3 cm³/mol. The van der Waals surface area contributed by atoms with E-state index in [0.29, 0.717) is 11.7 Å². The van der Waals surface area contributed by atoms with Gasteiger partial charge in [0.25, 0.3) is 6.47 Å². The van der Waals surface area contributed by atoms with E-state index >= 15 is 0 Å². The largest absolute Gasteiger partial charge is 0.483 e. The van der Waals surface area contributed by atoms with Crippen molar-refractivity contribution in [2.45, 2.75) is 52.9 Å². The average Bonchev–Trinajstić information content (AvgIpc) is 2.23. The van der Waals surface area contributed by atoms with Gasteiger partial charge in [-0.15, -0.1) is 0 Å². The Morgan fingerprint density at radius 1 is 1.21 bits per heavy atom. The van der Waals surface area contributed by atoms with Gasteiger partial charge in [0.1, 0.15) is 5.78 Å². The highest BCUT2D eigenvalue weighted by Crippen LogP contribution is 2.23. The number of carbonyl (C=O) groups is 2. The molecule has 14 heavy (non-hydrogen) atoms. The first-order valence-corrected chi connectivity index (χ1v) is 5.30.